The molecule has 1 fully saturated rings. The SMILES string of the molecule is CCCCOC(=O)C1C2C=CC(C2)C1C(=O)OCc1ccccc1. The summed E-state index contributed by atoms with van der Waals surface area (Å²) in [6.07, 6.45) is 6.78. The summed E-state index contributed by atoms with van der Waals surface area (Å²) in [6.45, 7) is 2.73. The topological polar surface area (TPSA) is 52.6 Å². The third-order valence-electron chi connectivity index (χ3n) is 4.97. The number of fused-ring (bicyclic) bond motifs is 2. The smallest absolute Gasteiger partial charge is 0.310 e. The van der Waals surface area contributed by atoms with Crippen LogP contribution in [0.1, 0.15) is 31.7 Å². The maximum atomic E-state index is 12.6. The fourth-order valence-electron chi connectivity index (χ4n) is 3.70. The zero-order chi connectivity index (χ0) is 16.9. The van der Waals surface area contributed by atoms with Gasteiger partial charge in [-0.3, -0.25) is 9.59 Å². The molecule has 0 saturated heterocycles. The van der Waals surface area contributed by atoms with Crippen LogP contribution in [0.25, 0.3) is 0 Å². The van der Waals surface area contributed by atoms with Gasteiger partial charge in [0.1, 0.15) is 6.61 Å². The highest BCUT2D eigenvalue weighted by atomic mass is 16.5. The van der Waals surface area contributed by atoms with Crippen LogP contribution in [0, 0.1) is 23.7 Å². The molecule has 2 aliphatic carbocycles. The first-order chi connectivity index (χ1) is 11.7. The molecule has 24 heavy (non-hydrogen) atoms. The van der Waals surface area contributed by atoms with Crippen molar-refractivity contribution >= 4 is 11.9 Å². The Hall–Kier alpha value is -2.10. The number of carbonyl (C=O) groups excluding carboxylic acids is 2. The number of rotatable bonds is 7. The van der Waals surface area contributed by atoms with Crippen molar-refractivity contribution < 1.29 is 19.1 Å². The number of carbonyl (C=O) groups is 2. The Bertz CT molecular complexity index is 607. The Balaban J connectivity index is 1.62. The Morgan fingerprint density at radius 2 is 1.62 bits per heavy atom. The first kappa shape index (κ1) is 16.7. The van der Waals surface area contributed by atoms with Crippen LogP contribution in [-0.2, 0) is 25.7 Å². The molecule has 2 aliphatic rings. The second-order valence-electron chi connectivity index (χ2n) is 6.61. The summed E-state index contributed by atoms with van der Waals surface area (Å²) in [5.41, 5.74) is 0.951. The van der Waals surface area contributed by atoms with Crippen LogP contribution in [0.15, 0.2) is 42.5 Å². The average Bonchev–Trinajstić information content (AvgIpc) is 3.22. The van der Waals surface area contributed by atoms with E-state index in [0.29, 0.717) is 6.61 Å². The molecule has 4 heteroatoms. The summed E-state index contributed by atoms with van der Waals surface area (Å²) in [4.78, 5) is 25.0. The minimum Gasteiger partial charge on any atom is -0.465 e. The highest BCUT2D eigenvalue weighted by molar-refractivity contribution is 5.84. The zero-order valence-electron chi connectivity index (χ0n) is 14.0. The summed E-state index contributed by atoms with van der Waals surface area (Å²) < 4.78 is 10.9. The lowest BCUT2D eigenvalue weighted by Crippen LogP contribution is -2.35. The molecule has 4 nitrogen and oxygen atoms in total. The van der Waals surface area contributed by atoms with Crippen LogP contribution in [-0.4, -0.2) is 18.5 Å². The van der Waals surface area contributed by atoms with Crippen LogP contribution in [0.3, 0.4) is 0 Å². The van der Waals surface area contributed by atoms with Crippen molar-refractivity contribution in [3.63, 3.8) is 0 Å². The Kier molecular flexibility index (Phi) is 5.34. The van der Waals surface area contributed by atoms with E-state index in [1.165, 1.54) is 0 Å². The quantitative estimate of drug-likeness (QED) is 0.437. The van der Waals surface area contributed by atoms with Crippen LogP contribution in [0.2, 0.25) is 0 Å². The maximum absolute atomic E-state index is 12.6. The first-order valence-electron chi connectivity index (χ1n) is 8.76. The Morgan fingerprint density at radius 3 is 2.25 bits per heavy atom. The molecule has 0 heterocycles. The van der Waals surface area contributed by atoms with Gasteiger partial charge in [0.05, 0.1) is 18.4 Å². The molecule has 3 rings (SSSR count). The monoisotopic (exact) mass is 328 g/mol. The molecule has 0 N–H and O–H groups in total. The van der Waals surface area contributed by atoms with Gasteiger partial charge in [-0.15, -0.1) is 0 Å². The molecule has 0 radical (unpaired) electrons. The van der Waals surface area contributed by atoms with E-state index in [-0.39, 0.29) is 36.3 Å². The van der Waals surface area contributed by atoms with E-state index in [1.54, 1.807) is 0 Å². The summed E-state index contributed by atoms with van der Waals surface area (Å²) in [5.74, 6) is -1.12. The van der Waals surface area contributed by atoms with Gasteiger partial charge in [0.15, 0.2) is 0 Å². The van der Waals surface area contributed by atoms with E-state index in [9.17, 15) is 9.59 Å². The molecule has 1 aromatic carbocycles. The number of hydrogen-bond acceptors (Lipinski definition) is 4. The van der Waals surface area contributed by atoms with E-state index < -0.39 is 5.92 Å². The molecule has 4 atom stereocenters. The van der Waals surface area contributed by atoms with Crippen molar-refractivity contribution in [3.8, 4) is 0 Å². The summed E-state index contributed by atoms with van der Waals surface area (Å²) >= 11 is 0. The van der Waals surface area contributed by atoms with Gasteiger partial charge in [-0.1, -0.05) is 55.8 Å². The van der Waals surface area contributed by atoms with Crippen molar-refractivity contribution in [2.24, 2.45) is 23.7 Å². The molecule has 0 aliphatic heterocycles. The molecule has 2 bridgehead atoms. The van der Waals surface area contributed by atoms with Gasteiger partial charge >= 0.3 is 11.9 Å². The van der Waals surface area contributed by atoms with E-state index in [4.69, 9.17) is 9.47 Å². The number of esters is 2. The number of unbranched alkanes of at least 4 members (excludes halogenated alkanes) is 1. The second-order valence-corrected chi connectivity index (χ2v) is 6.61. The van der Waals surface area contributed by atoms with Crippen molar-refractivity contribution in [2.45, 2.75) is 32.8 Å². The summed E-state index contributed by atoms with van der Waals surface area (Å²) in [7, 11) is 0. The van der Waals surface area contributed by atoms with Crippen LogP contribution >= 0.6 is 0 Å². The maximum Gasteiger partial charge on any atom is 0.310 e. The van der Waals surface area contributed by atoms with Crippen molar-refractivity contribution in [2.75, 3.05) is 6.61 Å². The van der Waals surface area contributed by atoms with Crippen LogP contribution in [0.5, 0.6) is 0 Å². The van der Waals surface area contributed by atoms with Crippen molar-refractivity contribution in [3.05, 3.63) is 48.0 Å². The molecular formula is C20H24O4. The second kappa shape index (κ2) is 7.65. The van der Waals surface area contributed by atoms with Gasteiger partial charge < -0.3 is 9.47 Å². The van der Waals surface area contributed by atoms with Gasteiger partial charge in [0.25, 0.3) is 0 Å². The Labute approximate surface area is 142 Å². The van der Waals surface area contributed by atoms with Gasteiger partial charge in [0, 0.05) is 0 Å². The van der Waals surface area contributed by atoms with Gasteiger partial charge in [-0.2, -0.15) is 0 Å². The van der Waals surface area contributed by atoms with Crippen molar-refractivity contribution in [1.82, 2.24) is 0 Å². The van der Waals surface area contributed by atoms with E-state index in [1.807, 2.05) is 30.3 Å². The summed E-state index contributed by atoms with van der Waals surface area (Å²) in [6, 6.07) is 9.60. The Morgan fingerprint density at radius 1 is 1.00 bits per heavy atom. The average molecular weight is 328 g/mol. The van der Waals surface area contributed by atoms with E-state index in [2.05, 4.69) is 19.1 Å². The normalized spacial score (nSPS) is 27.2. The number of benzene rings is 1. The molecule has 4 unspecified atom stereocenters. The highest BCUT2D eigenvalue weighted by Crippen LogP contribution is 2.49. The standard InChI is InChI=1S/C20H24O4/c1-2-3-11-23-19(21)17-15-9-10-16(12-15)18(17)20(22)24-13-14-7-5-4-6-8-14/h4-10,15-18H,2-3,11-13H2,1H3. The predicted molar refractivity (Wildman–Crippen MR) is 89.8 cm³/mol. The van der Waals surface area contributed by atoms with Crippen LogP contribution in [0.4, 0.5) is 0 Å². The van der Waals surface area contributed by atoms with Gasteiger partial charge in [-0.05, 0) is 30.2 Å². The molecule has 128 valence electrons. The largest absolute Gasteiger partial charge is 0.465 e. The van der Waals surface area contributed by atoms with Gasteiger partial charge in [-0.25, -0.2) is 0 Å². The van der Waals surface area contributed by atoms with E-state index in [0.717, 1.165) is 24.8 Å². The lowest BCUT2D eigenvalue weighted by atomic mass is 9.83. The van der Waals surface area contributed by atoms with Gasteiger partial charge in [0.2, 0.25) is 0 Å². The predicted octanol–water partition coefficient (Wildman–Crippen LogP) is 3.51. The fraction of sp³-hybridized carbons (Fsp3) is 0.500. The third kappa shape index (κ3) is 3.53. The molecule has 1 aromatic rings. The lowest BCUT2D eigenvalue weighted by molar-refractivity contribution is -0.162. The first-order valence-corrected chi connectivity index (χ1v) is 8.76. The molecule has 0 amide bonds. The molecule has 1 saturated carbocycles. The third-order valence-corrected chi connectivity index (χ3v) is 4.97. The zero-order valence-corrected chi connectivity index (χ0v) is 14.0. The summed E-state index contributed by atoms with van der Waals surface area (Å²) in [5, 5.41) is 0. The number of ether oxygens (including phenoxy) is 2. The van der Waals surface area contributed by atoms with Crippen LogP contribution < -0.4 is 0 Å². The van der Waals surface area contributed by atoms with E-state index >= 15 is 0 Å². The minimum absolute atomic E-state index is 0.0991. The number of allylic oxidation sites excluding steroid dienone is 2. The van der Waals surface area contributed by atoms with Crippen molar-refractivity contribution in [1.29, 1.82) is 0 Å². The number of hydrogen-bond donors (Lipinski definition) is 0. The highest BCUT2D eigenvalue weighted by Gasteiger charge is 2.53. The molecule has 0 spiro atoms. The molecular weight excluding hydrogens is 304 g/mol. The minimum atomic E-state index is -0.405. The fourth-order valence-corrected chi connectivity index (χ4v) is 3.70. The molecule has 0 aromatic heterocycles. The lowest BCUT2D eigenvalue weighted by Gasteiger charge is -2.25.